The van der Waals surface area contributed by atoms with Crippen LogP contribution in [0.1, 0.15) is 12.7 Å². The molecule has 0 spiro atoms. The number of nitrogens with one attached hydrogen (secondary N) is 2. The number of para-hydroxylation sites is 2. The molecule has 2 rings (SSSR count). The van der Waals surface area contributed by atoms with Gasteiger partial charge in [-0.1, -0.05) is 17.3 Å². The van der Waals surface area contributed by atoms with Gasteiger partial charge in [-0.25, -0.2) is 0 Å². The van der Waals surface area contributed by atoms with E-state index in [9.17, 15) is 9.59 Å². The minimum absolute atomic E-state index is 0.140. The zero-order valence-corrected chi connectivity index (χ0v) is 13.6. The molecule has 23 heavy (non-hydrogen) atoms. The zero-order valence-electron chi connectivity index (χ0n) is 12.8. The lowest BCUT2D eigenvalue weighted by Gasteiger charge is -2.11. The maximum atomic E-state index is 12.0. The van der Waals surface area contributed by atoms with Crippen molar-refractivity contribution < 1.29 is 14.1 Å². The molecule has 8 heteroatoms. The van der Waals surface area contributed by atoms with Gasteiger partial charge in [0.05, 0.1) is 22.4 Å². The monoisotopic (exact) mass is 334 g/mol. The number of benzene rings is 1. The Hall–Kier alpha value is -2.48. The Morgan fingerprint density at radius 3 is 2.74 bits per heavy atom. The Morgan fingerprint density at radius 1 is 1.35 bits per heavy atom. The second-order valence-corrected chi connectivity index (χ2v) is 6.23. The van der Waals surface area contributed by atoms with Gasteiger partial charge in [0.2, 0.25) is 11.8 Å². The second-order valence-electron chi connectivity index (χ2n) is 4.90. The minimum atomic E-state index is -0.411. The summed E-state index contributed by atoms with van der Waals surface area (Å²) in [6, 6.07) is 8.63. The van der Waals surface area contributed by atoms with E-state index in [0.717, 1.165) is 0 Å². The van der Waals surface area contributed by atoms with Crippen LogP contribution in [0.4, 0.5) is 17.2 Å². The molecule has 0 aliphatic rings. The highest BCUT2D eigenvalue weighted by molar-refractivity contribution is 8.01. The lowest BCUT2D eigenvalue weighted by Crippen LogP contribution is -2.25. The Kier molecular flexibility index (Phi) is 5.64. The van der Waals surface area contributed by atoms with Crippen LogP contribution in [0.3, 0.4) is 0 Å². The molecular weight excluding hydrogens is 316 g/mol. The van der Waals surface area contributed by atoms with Gasteiger partial charge in [-0.05, 0) is 26.0 Å². The predicted octanol–water partition coefficient (Wildman–Crippen LogP) is 2.26. The molecule has 122 valence electrons. The summed E-state index contributed by atoms with van der Waals surface area (Å²) in [4.78, 5) is 23.9. The first-order valence-corrected chi connectivity index (χ1v) is 8.00. The van der Waals surface area contributed by atoms with Crippen molar-refractivity contribution in [3.63, 3.8) is 0 Å². The van der Waals surface area contributed by atoms with Gasteiger partial charge in [0.25, 0.3) is 0 Å². The molecule has 0 radical (unpaired) electrons. The SMILES string of the molecule is Cc1cc(NC(=O)C(C)SCC(=O)Nc2ccccc2N)no1. The number of aryl methyl sites for hydroxylation is 1. The van der Waals surface area contributed by atoms with Gasteiger partial charge in [-0.2, -0.15) is 0 Å². The summed E-state index contributed by atoms with van der Waals surface area (Å²) in [6.45, 7) is 3.46. The van der Waals surface area contributed by atoms with Gasteiger partial charge in [0.1, 0.15) is 5.76 Å². The first kappa shape index (κ1) is 16.9. The molecule has 1 aromatic carbocycles. The average molecular weight is 334 g/mol. The first-order valence-electron chi connectivity index (χ1n) is 6.96. The van der Waals surface area contributed by atoms with Crippen molar-refractivity contribution in [3.8, 4) is 0 Å². The van der Waals surface area contributed by atoms with Crippen molar-refractivity contribution in [3.05, 3.63) is 36.1 Å². The van der Waals surface area contributed by atoms with Crippen LogP contribution in [0.15, 0.2) is 34.9 Å². The molecule has 1 unspecified atom stereocenters. The van der Waals surface area contributed by atoms with E-state index in [1.807, 2.05) is 0 Å². The van der Waals surface area contributed by atoms with Gasteiger partial charge >= 0.3 is 0 Å². The molecule has 0 saturated heterocycles. The lowest BCUT2D eigenvalue weighted by molar-refractivity contribution is -0.115. The predicted molar refractivity (Wildman–Crippen MR) is 91.3 cm³/mol. The van der Waals surface area contributed by atoms with E-state index >= 15 is 0 Å². The molecule has 7 nitrogen and oxygen atoms in total. The Morgan fingerprint density at radius 2 is 2.09 bits per heavy atom. The highest BCUT2D eigenvalue weighted by Crippen LogP contribution is 2.18. The van der Waals surface area contributed by atoms with Gasteiger partial charge in [-0.3, -0.25) is 9.59 Å². The third-order valence-electron chi connectivity index (χ3n) is 2.95. The van der Waals surface area contributed by atoms with Crippen molar-refractivity contribution in [1.29, 1.82) is 0 Å². The molecule has 2 aromatic rings. The molecule has 2 amide bonds. The quantitative estimate of drug-likeness (QED) is 0.699. The van der Waals surface area contributed by atoms with E-state index in [1.165, 1.54) is 11.8 Å². The number of nitrogens with zero attached hydrogens (tertiary/aromatic N) is 1. The van der Waals surface area contributed by atoms with Crippen LogP contribution >= 0.6 is 11.8 Å². The van der Waals surface area contributed by atoms with Crippen LogP contribution in [-0.4, -0.2) is 28.0 Å². The van der Waals surface area contributed by atoms with Gasteiger partial charge in [0, 0.05) is 6.07 Å². The van der Waals surface area contributed by atoms with Crippen molar-refractivity contribution in [1.82, 2.24) is 5.16 Å². The largest absolute Gasteiger partial charge is 0.397 e. The van der Waals surface area contributed by atoms with E-state index in [0.29, 0.717) is 23.0 Å². The Bertz CT molecular complexity index is 702. The summed E-state index contributed by atoms with van der Waals surface area (Å²) < 4.78 is 4.87. The van der Waals surface area contributed by atoms with Crippen LogP contribution in [0.5, 0.6) is 0 Å². The fraction of sp³-hybridized carbons (Fsp3) is 0.267. The molecule has 1 atom stereocenters. The van der Waals surface area contributed by atoms with Crippen LogP contribution in [0.2, 0.25) is 0 Å². The van der Waals surface area contributed by atoms with Crippen LogP contribution < -0.4 is 16.4 Å². The van der Waals surface area contributed by atoms with Crippen LogP contribution in [-0.2, 0) is 9.59 Å². The number of hydrogen-bond donors (Lipinski definition) is 3. The summed E-state index contributed by atoms with van der Waals surface area (Å²) >= 11 is 1.22. The van der Waals surface area contributed by atoms with E-state index in [4.69, 9.17) is 10.3 Å². The molecule has 0 aliphatic heterocycles. The van der Waals surface area contributed by atoms with Gasteiger partial charge < -0.3 is 20.9 Å². The van der Waals surface area contributed by atoms with Crippen LogP contribution in [0, 0.1) is 6.92 Å². The Balaban J connectivity index is 1.79. The number of anilines is 3. The molecule has 0 fully saturated rings. The van der Waals surface area contributed by atoms with Crippen LogP contribution in [0.25, 0.3) is 0 Å². The number of aromatic nitrogens is 1. The van der Waals surface area contributed by atoms with E-state index in [-0.39, 0.29) is 17.6 Å². The van der Waals surface area contributed by atoms with E-state index < -0.39 is 5.25 Å². The topological polar surface area (TPSA) is 110 Å². The molecule has 1 aromatic heterocycles. The fourth-order valence-electron chi connectivity index (χ4n) is 1.73. The van der Waals surface area contributed by atoms with Crippen molar-refractivity contribution in [2.24, 2.45) is 0 Å². The Labute approximate surface area is 138 Å². The standard InChI is InChI=1S/C15H18N4O3S/c1-9-7-13(19-22-9)18-15(21)10(2)23-8-14(20)17-12-6-4-3-5-11(12)16/h3-7,10H,8,16H2,1-2H3,(H,17,20)(H,18,19,21). The number of hydrogen-bond acceptors (Lipinski definition) is 6. The third kappa shape index (κ3) is 5.03. The third-order valence-corrected chi connectivity index (χ3v) is 4.09. The summed E-state index contributed by atoms with van der Waals surface area (Å²) in [5, 5.41) is 8.62. The first-order chi connectivity index (χ1) is 11.0. The van der Waals surface area contributed by atoms with Gasteiger partial charge in [-0.15, -0.1) is 11.8 Å². The smallest absolute Gasteiger partial charge is 0.238 e. The molecular formula is C15H18N4O3S. The lowest BCUT2D eigenvalue weighted by atomic mass is 10.3. The maximum Gasteiger partial charge on any atom is 0.238 e. The van der Waals surface area contributed by atoms with E-state index in [1.54, 1.807) is 44.2 Å². The summed E-state index contributed by atoms with van der Waals surface area (Å²) in [7, 11) is 0. The number of amides is 2. The number of nitrogens with two attached hydrogens (primary N) is 1. The molecule has 0 bridgehead atoms. The van der Waals surface area contributed by atoms with Crippen molar-refractivity contribution in [2.45, 2.75) is 19.1 Å². The molecule has 4 N–H and O–H groups in total. The zero-order chi connectivity index (χ0) is 16.8. The normalized spacial score (nSPS) is 11.7. The number of nitrogen functional groups attached to an aromatic ring is 1. The highest BCUT2D eigenvalue weighted by atomic mass is 32.2. The molecule has 0 saturated carbocycles. The maximum absolute atomic E-state index is 12.0. The summed E-state index contributed by atoms with van der Waals surface area (Å²) in [6.07, 6.45) is 0. The second kappa shape index (κ2) is 7.68. The highest BCUT2D eigenvalue weighted by Gasteiger charge is 2.17. The number of thioether (sulfide) groups is 1. The summed E-state index contributed by atoms with van der Waals surface area (Å²) in [5.74, 6) is 0.655. The molecule has 0 aliphatic carbocycles. The number of carbonyl (C=O) groups is 2. The molecule has 1 heterocycles. The fourth-order valence-corrected chi connectivity index (χ4v) is 2.41. The van der Waals surface area contributed by atoms with Crippen molar-refractivity contribution in [2.75, 3.05) is 22.1 Å². The van der Waals surface area contributed by atoms with E-state index in [2.05, 4.69) is 15.8 Å². The number of rotatable bonds is 6. The minimum Gasteiger partial charge on any atom is -0.397 e. The average Bonchev–Trinajstić information content (AvgIpc) is 2.92. The van der Waals surface area contributed by atoms with Gasteiger partial charge in [0.15, 0.2) is 5.82 Å². The summed E-state index contributed by atoms with van der Waals surface area (Å²) in [5.41, 5.74) is 6.82. The van der Waals surface area contributed by atoms with Crippen molar-refractivity contribution >= 4 is 40.8 Å². The number of carbonyl (C=O) groups excluding carboxylic acids is 2.